The third kappa shape index (κ3) is 1.96. The molecule has 0 N–H and O–H groups in total. The molecule has 0 aliphatic rings. The lowest BCUT2D eigenvalue weighted by molar-refractivity contribution is 0.108. The molecule has 1 aromatic rings. The summed E-state index contributed by atoms with van der Waals surface area (Å²) in [6.45, 7) is 0. The molecule has 0 aliphatic heterocycles. The van der Waals surface area contributed by atoms with Crippen LogP contribution >= 0.6 is 11.6 Å². The number of hydroxylamine groups is 1. The Hall–Kier alpha value is -1.06. The quantitative estimate of drug-likeness (QED) is 0.522. The number of rotatable bonds is 2. The van der Waals surface area contributed by atoms with E-state index in [0.29, 0.717) is 16.3 Å². The van der Waals surface area contributed by atoms with Crippen molar-refractivity contribution in [2.45, 2.75) is 0 Å². The number of hydrogen-bond acceptors (Lipinski definition) is 3. The van der Waals surface area contributed by atoms with Crippen molar-refractivity contribution in [1.82, 2.24) is 0 Å². The van der Waals surface area contributed by atoms with E-state index in [9.17, 15) is 10.0 Å². The third-order valence-electron chi connectivity index (χ3n) is 1.46. The van der Waals surface area contributed by atoms with Crippen LogP contribution in [-0.2, 0) is 0 Å². The van der Waals surface area contributed by atoms with Crippen LogP contribution in [0.25, 0.3) is 0 Å². The highest BCUT2D eigenvalue weighted by molar-refractivity contribution is 6.67. The maximum Gasteiger partial charge on any atom is 0.252 e. The molecule has 1 rings (SSSR count). The summed E-state index contributed by atoms with van der Waals surface area (Å²) in [5.41, 5.74) is 0.888. The minimum Gasteiger partial charge on any atom is -0.758 e. The van der Waals surface area contributed by atoms with Gasteiger partial charge in [0.1, 0.15) is 0 Å². The Morgan fingerprint density at radius 3 is 2.25 bits per heavy atom. The van der Waals surface area contributed by atoms with Crippen LogP contribution in [0.5, 0.6) is 0 Å². The zero-order valence-electron chi connectivity index (χ0n) is 6.45. The Balaban J connectivity index is 2.93. The average molecular weight is 185 g/mol. The fourth-order valence-corrected chi connectivity index (χ4v) is 0.928. The van der Waals surface area contributed by atoms with Crippen molar-refractivity contribution in [3.8, 4) is 0 Å². The van der Waals surface area contributed by atoms with Crippen LogP contribution in [0.1, 0.15) is 10.4 Å². The SMILES string of the molecule is CN([O-])c1ccc(C(=O)Cl)cc1. The molecule has 0 amide bonds. The predicted octanol–water partition coefficient (Wildman–Crippen LogP) is 2.00. The molecule has 0 radical (unpaired) electrons. The molecule has 0 aliphatic carbocycles. The van der Waals surface area contributed by atoms with Crippen LogP contribution in [0.4, 0.5) is 5.69 Å². The summed E-state index contributed by atoms with van der Waals surface area (Å²) >= 11 is 5.20. The minimum atomic E-state index is -0.518. The van der Waals surface area contributed by atoms with E-state index in [1.54, 1.807) is 12.1 Å². The molecule has 4 heteroatoms. The Morgan fingerprint density at radius 1 is 1.42 bits per heavy atom. The zero-order valence-corrected chi connectivity index (χ0v) is 7.21. The number of carbonyl (C=O) groups is 1. The Morgan fingerprint density at radius 2 is 1.92 bits per heavy atom. The van der Waals surface area contributed by atoms with Gasteiger partial charge in [-0.3, -0.25) is 4.79 Å². The molecule has 0 aromatic heterocycles. The van der Waals surface area contributed by atoms with Crippen molar-refractivity contribution >= 4 is 22.5 Å². The molecule has 0 atom stereocenters. The first kappa shape index (κ1) is 9.03. The molecule has 0 unspecified atom stereocenters. The van der Waals surface area contributed by atoms with Gasteiger partial charge in [0.25, 0.3) is 5.24 Å². The van der Waals surface area contributed by atoms with Crippen molar-refractivity contribution in [2.75, 3.05) is 12.1 Å². The van der Waals surface area contributed by atoms with Crippen molar-refractivity contribution in [3.63, 3.8) is 0 Å². The molecule has 0 bridgehead atoms. The maximum atomic E-state index is 10.7. The maximum absolute atomic E-state index is 10.7. The van der Waals surface area contributed by atoms with Gasteiger partial charge in [-0.15, -0.1) is 0 Å². The van der Waals surface area contributed by atoms with E-state index in [-0.39, 0.29) is 0 Å². The van der Waals surface area contributed by atoms with Crippen molar-refractivity contribution in [1.29, 1.82) is 0 Å². The van der Waals surface area contributed by atoms with Gasteiger partial charge in [0.15, 0.2) is 0 Å². The van der Waals surface area contributed by atoms with Gasteiger partial charge in [-0.25, -0.2) is 0 Å². The van der Waals surface area contributed by atoms with Gasteiger partial charge in [-0.05, 0) is 42.9 Å². The number of hydrogen-bond donors (Lipinski definition) is 0. The first-order chi connectivity index (χ1) is 5.61. The van der Waals surface area contributed by atoms with Gasteiger partial charge in [0, 0.05) is 11.3 Å². The van der Waals surface area contributed by atoms with Crippen molar-refractivity contribution in [2.24, 2.45) is 0 Å². The second kappa shape index (κ2) is 3.56. The predicted molar refractivity (Wildman–Crippen MR) is 48.4 cm³/mol. The lowest BCUT2D eigenvalue weighted by Gasteiger charge is -2.24. The summed E-state index contributed by atoms with van der Waals surface area (Å²) in [6.07, 6.45) is 0. The van der Waals surface area contributed by atoms with E-state index in [0.717, 1.165) is 0 Å². The number of nitrogens with zero attached hydrogens (tertiary/aromatic N) is 1. The lowest BCUT2D eigenvalue weighted by Crippen LogP contribution is -2.05. The summed E-state index contributed by atoms with van der Waals surface area (Å²) in [5.74, 6) is 0. The van der Waals surface area contributed by atoms with Gasteiger partial charge >= 0.3 is 0 Å². The fraction of sp³-hybridized carbons (Fsp3) is 0.125. The monoisotopic (exact) mass is 184 g/mol. The van der Waals surface area contributed by atoms with E-state index >= 15 is 0 Å². The van der Waals surface area contributed by atoms with Gasteiger partial charge < -0.3 is 10.3 Å². The smallest absolute Gasteiger partial charge is 0.252 e. The Labute approximate surface area is 75.1 Å². The van der Waals surface area contributed by atoms with Gasteiger partial charge in [0.05, 0.1) is 0 Å². The second-order valence-corrected chi connectivity index (χ2v) is 2.66. The van der Waals surface area contributed by atoms with Crippen LogP contribution in [0.2, 0.25) is 0 Å². The fourth-order valence-electron chi connectivity index (χ4n) is 0.802. The molecular formula is C8H7ClNO2-. The van der Waals surface area contributed by atoms with E-state index in [1.807, 2.05) is 0 Å². The Kier molecular flexibility index (Phi) is 2.68. The van der Waals surface area contributed by atoms with Gasteiger partial charge in [0.2, 0.25) is 0 Å². The minimum absolute atomic E-state index is 0.391. The first-order valence-electron chi connectivity index (χ1n) is 3.32. The summed E-state index contributed by atoms with van der Waals surface area (Å²) in [7, 11) is 1.39. The van der Waals surface area contributed by atoms with E-state index < -0.39 is 5.24 Å². The molecule has 0 saturated carbocycles. The topological polar surface area (TPSA) is 43.4 Å². The van der Waals surface area contributed by atoms with Crippen LogP contribution in [0.15, 0.2) is 24.3 Å². The van der Waals surface area contributed by atoms with Gasteiger partial charge in [-0.1, -0.05) is 0 Å². The second-order valence-electron chi connectivity index (χ2n) is 2.32. The number of anilines is 1. The number of halogens is 1. The number of benzene rings is 1. The van der Waals surface area contributed by atoms with E-state index in [4.69, 9.17) is 11.6 Å². The third-order valence-corrected chi connectivity index (χ3v) is 1.68. The first-order valence-corrected chi connectivity index (χ1v) is 3.70. The number of carbonyl (C=O) groups excluding carboxylic acids is 1. The lowest BCUT2D eigenvalue weighted by atomic mass is 10.2. The summed E-state index contributed by atoms with van der Waals surface area (Å²) in [4.78, 5) is 10.6. The molecule has 1 aromatic carbocycles. The molecule has 64 valence electrons. The highest BCUT2D eigenvalue weighted by Crippen LogP contribution is 2.13. The highest BCUT2D eigenvalue weighted by Gasteiger charge is 1.99. The molecule has 0 spiro atoms. The molecule has 12 heavy (non-hydrogen) atoms. The zero-order chi connectivity index (χ0) is 9.14. The Bertz CT molecular complexity index is 282. The van der Waals surface area contributed by atoms with Crippen molar-refractivity contribution in [3.05, 3.63) is 35.0 Å². The van der Waals surface area contributed by atoms with Crippen LogP contribution in [0, 0.1) is 5.21 Å². The largest absolute Gasteiger partial charge is 0.758 e. The highest BCUT2D eigenvalue weighted by atomic mass is 35.5. The van der Waals surface area contributed by atoms with Crippen LogP contribution in [0.3, 0.4) is 0 Å². The van der Waals surface area contributed by atoms with Gasteiger partial charge in [-0.2, -0.15) is 0 Å². The molecule has 3 nitrogen and oxygen atoms in total. The van der Waals surface area contributed by atoms with Crippen LogP contribution < -0.4 is 5.06 Å². The average Bonchev–Trinajstić information content (AvgIpc) is 2.04. The van der Waals surface area contributed by atoms with Crippen LogP contribution in [-0.4, -0.2) is 12.3 Å². The standard InChI is InChI=1S/C8H7ClNO2/c1-10(12)7-4-2-6(3-5-7)8(9)11/h2-5H,1H3/q-1. The van der Waals surface area contributed by atoms with E-state index in [1.165, 1.54) is 19.2 Å². The van der Waals surface area contributed by atoms with E-state index in [2.05, 4.69) is 0 Å². The summed E-state index contributed by atoms with van der Waals surface area (Å²) in [6, 6.07) is 6.11. The molecule has 0 saturated heterocycles. The molecule has 0 heterocycles. The summed E-state index contributed by atoms with van der Waals surface area (Å²) in [5, 5.41) is 10.9. The summed E-state index contributed by atoms with van der Waals surface area (Å²) < 4.78 is 0. The normalized spacial score (nSPS) is 9.58. The molecule has 0 fully saturated rings. The molecular weight excluding hydrogens is 178 g/mol. The van der Waals surface area contributed by atoms with Crippen molar-refractivity contribution < 1.29 is 4.79 Å².